The lowest BCUT2D eigenvalue weighted by Gasteiger charge is -2.11. The minimum atomic E-state index is -3.71. The molecule has 0 spiro atoms. The minimum absolute atomic E-state index is 0.0166. The zero-order valence-electron chi connectivity index (χ0n) is 11.1. The molecule has 2 aromatic rings. The molecule has 2 rings (SSSR count). The van der Waals surface area contributed by atoms with E-state index in [2.05, 4.69) is 15.0 Å². The van der Waals surface area contributed by atoms with Crippen LogP contribution in [-0.2, 0) is 10.0 Å². The first kappa shape index (κ1) is 14.7. The van der Waals surface area contributed by atoms with E-state index < -0.39 is 10.0 Å². The third-order valence-electron chi connectivity index (χ3n) is 2.62. The maximum atomic E-state index is 12.4. The van der Waals surface area contributed by atoms with Crippen molar-refractivity contribution in [1.29, 1.82) is 0 Å². The highest BCUT2D eigenvalue weighted by molar-refractivity contribution is 7.98. The summed E-state index contributed by atoms with van der Waals surface area (Å²) in [4.78, 5) is 4.93. The summed E-state index contributed by atoms with van der Waals surface area (Å²) in [6.45, 7) is 0. The molecule has 1 heterocycles. The maximum Gasteiger partial charge on any atom is 0.281 e. The third kappa shape index (κ3) is 3.23. The Balaban J connectivity index is 2.35. The Labute approximate surface area is 122 Å². The van der Waals surface area contributed by atoms with Crippen molar-refractivity contribution in [3.05, 3.63) is 42.6 Å². The highest BCUT2D eigenvalue weighted by Gasteiger charge is 2.19. The number of nitrogens with zero attached hydrogens (tertiary/aromatic N) is 1. The van der Waals surface area contributed by atoms with Gasteiger partial charge in [-0.05, 0) is 36.6 Å². The zero-order chi connectivity index (χ0) is 14.6. The number of aromatic nitrogens is 1. The number of sulfonamides is 1. The number of thioether (sulfide) groups is 1. The lowest BCUT2D eigenvalue weighted by atomic mass is 10.3. The molecule has 1 aromatic heterocycles. The van der Waals surface area contributed by atoms with Crippen LogP contribution in [-0.4, -0.2) is 26.7 Å². The molecule has 0 aliphatic carbocycles. The average molecular weight is 309 g/mol. The molecule has 0 atom stereocenters. The molecule has 0 saturated carbocycles. The Morgan fingerprint density at radius 2 is 2.00 bits per heavy atom. The summed E-state index contributed by atoms with van der Waals surface area (Å²) >= 11 is 1.55. The first-order chi connectivity index (χ1) is 9.56. The molecule has 0 bridgehead atoms. The first-order valence-electron chi connectivity index (χ1n) is 5.86. The maximum absolute atomic E-state index is 12.4. The lowest BCUT2D eigenvalue weighted by molar-refractivity contribution is 0.598. The molecular weight excluding hydrogens is 294 g/mol. The van der Waals surface area contributed by atoms with Crippen LogP contribution >= 0.6 is 11.8 Å². The van der Waals surface area contributed by atoms with E-state index in [1.54, 1.807) is 49.1 Å². The summed E-state index contributed by atoms with van der Waals surface area (Å²) in [7, 11) is -2.06. The summed E-state index contributed by atoms with van der Waals surface area (Å²) in [5.74, 6) is 0. The van der Waals surface area contributed by atoms with Crippen molar-refractivity contribution >= 4 is 33.2 Å². The van der Waals surface area contributed by atoms with Crippen LogP contribution in [0.15, 0.2) is 52.5 Å². The van der Waals surface area contributed by atoms with Crippen LogP contribution in [0.1, 0.15) is 0 Å². The van der Waals surface area contributed by atoms with Crippen LogP contribution in [0.25, 0.3) is 0 Å². The molecule has 106 valence electrons. The molecule has 5 nitrogen and oxygen atoms in total. The van der Waals surface area contributed by atoms with Gasteiger partial charge in [-0.1, -0.05) is 6.07 Å². The molecule has 0 unspecified atom stereocenters. The molecule has 0 radical (unpaired) electrons. The molecule has 0 aliphatic rings. The number of benzene rings is 1. The number of hydrogen-bond donors (Lipinski definition) is 2. The van der Waals surface area contributed by atoms with E-state index in [4.69, 9.17) is 0 Å². The fourth-order valence-electron chi connectivity index (χ4n) is 1.69. The summed E-state index contributed by atoms with van der Waals surface area (Å²) < 4.78 is 27.3. The van der Waals surface area contributed by atoms with Crippen molar-refractivity contribution < 1.29 is 8.42 Å². The van der Waals surface area contributed by atoms with Gasteiger partial charge in [0, 0.05) is 23.8 Å². The van der Waals surface area contributed by atoms with E-state index in [0.717, 1.165) is 4.90 Å². The Kier molecular flexibility index (Phi) is 4.51. The highest BCUT2D eigenvalue weighted by atomic mass is 32.2. The smallest absolute Gasteiger partial charge is 0.281 e. The molecule has 0 aliphatic heterocycles. The molecular formula is C13H15N3O2S2. The molecule has 7 heteroatoms. The van der Waals surface area contributed by atoms with E-state index in [9.17, 15) is 8.42 Å². The van der Waals surface area contributed by atoms with E-state index in [1.165, 1.54) is 6.20 Å². The Hall–Kier alpha value is -1.73. The van der Waals surface area contributed by atoms with Crippen molar-refractivity contribution in [2.45, 2.75) is 9.92 Å². The standard InChI is InChI=1S/C13H15N3O2S2/c1-14-12-7-4-8-15-13(12)20(17,18)16-10-5-3-6-11(9-10)19-2/h3-9,14,16H,1-2H3. The van der Waals surface area contributed by atoms with Gasteiger partial charge in [-0.3, -0.25) is 4.72 Å². The van der Waals surface area contributed by atoms with E-state index >= 15 is 0 Å². The first-order valence-corrected chi connectivity index (χ1v) is 8.57. The Morgan fingerprint density at radius 3 is 2.70 bits per heavy atom. The summed E-state index contributed by atoms with van der Waals surface area (Å²) in [6.07, 6.45) is 3.39. The van der Waals surface area contributed by atoms with Crippen molar-refractivity contribution in [2.24, 2.45) is 0 Å². The fraction of sp³-hybridized carbons (Fsp3) is 0.154. The van der Waals surface area contributed by atoms with E-state index in [0.29, 0.717) is 11.4 Å². The normalized spacial score (nSPS) is 11.1. The SMILES string of the molecule is CNc1cccnc1S(=O)(=O)Nc1cccc(SC)c1. The second-order valence-corrected chi connectivity index (χ2v) is 6.42. The van der Waals surface area contributed by atoms with E-state index in [1.807, 2.05) is 12.3 Å². The average Bonchev–Trinajstić information content (AvgIpc) is 2.47. The van der Waals surface area contributed by atoms with Crippen LogP contribution < -0.4 is 10.0 Å². The largest absolute Gasteiger partial charge is 0.386 e. The van der Waals surface area contributed by atoms with Gasteiger partial charge in [0.1, 0.15) is 0 Å². The van der Waals surface area contributed by atoms with Gasteiger partial charge in [0.25, 0.3) is 10.0 Å². The third-order valence-corrected chi connectivity index (χ3v) is 4.68. The molecule has 0 saturated heterocycles. The van der Waals surface area contributed by atoms with Gasteiger partial charge in [0.2, 0.25) is 0 Å². The molecule has 1 aromatic carbocycles. The number of hydrogen-bond acceptors (Lipinski definition) is 5. The van der Waals surface area contributed by atoms with Gasteiger partial charge in [-0.25, -0.2) is 4.98 Å². The van der Waals surface area contributed by atoms with Gasteiger partial charge in [-0.15, -0.1) is 11.8 Å². The van der Waals surface area contributed by atoms with Gasteiger partial charge >= 0.3 is 0 Å². The molecule has 0 amide bonds. The number of pyridine rings is 1. The van der Waals surface area contributed by atoms with Gasteiger partial charge in [-0.2, -0.15) is 8.42 Å². The summed E-state index contributed by atoms with van der Waals surface area (Å²) in [5.41, 5.74) is 0.977. The summed E-state index contributed by atoms with van der Waals surface area (Å²) in [5, 5.41) is 2.81. The van der Waals surface area contributed by atoms with Crippen LogP contribution in [0.3, 0.4) is 0 Å². The van der Waals surface area contributed by atoms with Crippen molar-refractivity contribution in [3.8, 4) is 0 Å². The van der Waals surface area contributed by atoms with Crippen LogP contribution in [0.2, 0.25) is 0 Å². The van der Waals surface area contributed by atoms with Gasteiger partial charge in [0.05, 0.1) is 5.69 Å². The van der Waals surface area contributed by atoms with Crippen molar-refractivity contribution in [2.75, 3.05) is 23.3 Å². The Morgan fingerprint density at radius 1 is 1.20 bits per heavy atom. The second kappa shape index (κ2) is 6.15. The molecule has 0 fully saturated rings. The highest BCUT2D eigenvalue weighted by Crippen LogP contribution is 2.23. The number of nitrogens with one attached hydrogen (secondary N) is 2. The molecule has 2 N–H and O–H groups in total. The van der Waals surface area contributed by atoms with Gasteiger partial charge < -0.3 is 5.32 Å². The fourth-order valence-corrected chi connectivity index (χ4v) is 3.34. The van der Waals surface area contributed by atoms with Crippen molar-refractivity contribution in [1.82, 2.24) is 4.98 Å². The number of anilines is 2. The van der Waals surface area contributed by atoms with Crippen LogP contribution in [0.5, 0.6) is 0 Å². The monoisotopic (exact) mass is 309 g/mol. The summed E-state index contributed by atoms with van der Waals surface area (Å²) in [6, 6.07) is 10.6. The quantitative estimate of drug-likeness (QED) is 0.831. The minimum Gasteiger partial charge on any atom is -0.386 e. The predicted octanol–water partition coefficient (Wildman–Crippen LogP) is 2.65. The topological polar surface area (TPSA) is 71.1 Å². The zero-order valence-corrected chi connectivity index (χ0v) is 12.8. The Bertz CT molecular complexity index is 702. The van der Waals surface area contributed by atoms with Gasteiger partial charge in [0.15, 0.2) is 5.03 Å². The number of rotatable bonds is 5. The lowest BCUT2D eigenvalue weighted by Crippen LogP contribution is -2.16. The molecule has 20 heavy (non-hydrogen) atoms. The predicted molar refractivity (Wildman–Crippen MR) is 82.8 cm³/mol. The van der Waals surface area contributed by atoms with Crippen LogP contribution in [0.4, 0.5) is 11.4 Å². The van der Waals surface area contributed by atoms with Crippen molar-refractivity contribution in [3.63, 3.8) is 0 Å². The van der Waals surface area contributed by atoms with E-state index in [-0.39, 0.29) is 5.03 Å². The second-order valence-electron chi connectivity index (χ2n) is 3.94. The van der Waals surface area contributed by atoms with Crippen LogP contribution in [0, 0.1) is 0 Å².